The maximum Gasteiger partial charge on any atom is 0.367 e. The molecule has 0 bridgehead atoms. The first-order chi connectivity index (χ1) is 11.3. The fourth-order valence-electron chi connectivity index (χ4n) is 2.11. The molecule has 5 nitrogen and oxygen atoms in total. The molecule has 3 N–H and O–H groups in total. The molecule has 0 rings (SSSR count). The van der Waals surface area contributed by atoms with Crippen LogP contribution in [-0.2, 0) is 9.53 Å². The van der Waals surface area contributed by atoms with Crippen LogP contribution in [0.5, 0.6) is 0 Å². The lowest BCUT2D eigenvalue weighted by Crippen LogP contribution is -2.42. The Labute approximate surface area is 151 Å². The van der Waals surface area contributed by atoms with Gasteiger partial charge in [0.25, 0.3) is 0 Å². The van der Waals surface area contributed by atoms with Crippen LogP contribution in [0.3, 0.4) is 0 Å². The van der Waals surface area contributed by atoms with E-state index in [1.54, 1.807) is 0 Å². The fourth-order valence-corrected chi connectivity index (χ4v) is 2.89. The monoisotopic (exact) mass is 360 g/mol. The molecule has 24 heavy (non-hydrogen) atoms. The Balaban J connectivity index is 3.61. The quantitative estimate of drug-likeness (QED) is 0.402. The van der Waals surface area contributed by atoms with Gasteiger partial charge < -0.3 is 15.8 Å². The summed E-state index contributed by atoms with van der Waals surface area (Å²) in [7, 11) is 0. The predicted octanol–water partition coefficient (Wildman–Crippen LogP) is 4.24. The molecule has 6 heteroatoms. The van der Waals surface area contributed by atoms with Gasteiger partial charge in [0.05, 0.1) is 6.04 Å². The van der Waals surface area contributed by atoms with Gasteiger partial charge in [0.2, 0.25) is 5.91 Å². The molecular formula is C18H36N2O3S. The SMILES string of the molecule is CCCCCCCCCCNC(=O)C(N)CSC(=O)OC(C)(C)C. The third-order valence-electron chi connectivity index (χ3n) is 3.44. The van der Waals surface area contributed by atoms with Gasteiger partial charge in [-0.15, -0.1) is 0 Å². The minimum Gasteiger partial charge on any atom is -0.452 e. The summed E-state index contributed by atoms with van der Waals surface area (Å²) >= 11 is 0.949. The summed E-state index contributed by atoms with van der Waals surface area (Å²) in [6.45, 7) is 8.30. The van der Waals surface area contributed by atoms with E-state index in [1.807, 2.05) is 20.8 Å². The van der Waals surface area contributed by atoms with Gasteiger partial charge in [-0.1, -0.05) is 51.9 Å². The molecule has 1 unspecified atom stereocenters. The highest BCUT2D eigenvalue weighted by Gasteiger charge is 2.20. The van der Waals surface area contributed by atoms with Crippen LogP contribution in [0.2, 0.25) is 0 Å². The molecule has 0 saturated carbocycles. The van der Waals surface area contributed by atoms with E-state index in [2.05, 4.69) is 12.2 Å². The van der Waals surface area contributed by atoms with Gasteiger partial charge in [-0.05, 0) is 39.0 Å². The number of hydrogen-bond donors (Lipinski definition) is 2. The zero-order chi connectivity index (χ0) is 18.4. The first-order valence-electron chi connectivity index (χ1n) is 9.15. The molecule has 0 aromatic carbocycles. The molecule has 0 heterocycles. The maximum atomic E-state index is 11.8. The van der Waals surface area contributed by atoms with Gasteiger partial charge in [-0.2, -0.15) is 0 Å². The number of nitrogens with one attached hydrogen (secondary N) is 1. The minimum absolute atomic E-state index is 0.200. The number of ether oxygens (including phenoxy) is 1. The minimum atomic E-state index is -0.684. The smallest absolute Gasteiger partial charge is 0.367 e. The maximum absolute atomic E-state index is 11.8. The number of thioether (sulfide) groups is 1. The fraction of sp³-hybridized carbons (Fsp3) is 0.889. The van der Waals surface area contributed by atoms with Crippen LogP contribution in [-0.4, -0.2) is 35.1 Å². The topological polar surface area (TPSA) is 81.4 Å². The average molecular weight is 361 g/mol. The van der Waals surface area contributed by atoms with Crippen molar-refractivity contribution in [3.05, 3.63) is 0 Å². The molecule has 0 fully saturated rings. The van der Waals surface area contributed by atoms with Crippen molar-refractivity contribution in [2.45, 2.75) is 90.7 Å². The molecule has 0 aliphatic heterocycles. The van der Waals surface area contributed by atoms with Crippen molar-refractivity contribution >= 4 is 23.0 Å². The third kappa shape index (κ3) is 14.8. The normalized spacial score (nSPS) is 12.7. The highest BCUT2D eigenvalue weighted by molar-refractivity contribution is 8.13. The van der Waals surface area contributed by atoms with Crippen molar-refractivity contribution in [3.63, 3.8) is 0 Å². The molecule has 0 spiro atoms. The van der Waals surface area contributed by atoms with E-state index in [-0.39, 0.29) is 11.7 Å². The van der Waals surface area contributed by atoms with E-state index in [0.29, 0.717) is 6.54 Å². The summed E-state index contributed by atoms with van der Waals surface area (Å²) in [5.41, 5.74) is 5.28. The molecule has 1 amide bonds. The molecule has 0 aliphatic rings. The Hall–Kier alpha value is -0.750. The van der Waals surface area contributed by atoms with Crippen molar-refractivity contribution in [1.82, 2.24) is 5.32 Å². The second kappa shape index (κ2) is 13.5. The zero-order valence-corrected chi connectivity index (χ0v) is 16.7. The van der Waals surface area contributed by atoms with Crippen LogP contribution in [0.1, 0.15) is 79.1 Å². The van der Waals surface area contributed by atoms with E-state index >= 15 is 0 Å². The average Bonchev–Trinajstić information content (AvgIpc) is 2.49. The molecule has 142 valence electrons. The summed E-state index contributed by atoms with van der Waals surface area (Å²) in [5.74, 6) is 0.0343. The lowest BCUT2D eigenvalue weighted by atomic mass is 10.1. The van der Waals surface area contributed by atoms with E-state index in [4.69, 9.17) is 10.5 Å². The van der Waals surface area contributed by atoms with Gasteiger partial charge in [-0.3, -0.25) is 4.79 Å². The van der Waals surface area contributed by atoms with Crippen molar-refractivity contribution in [2.75, 3.05) is 12.3 Å². The molecule has 0 saturated heterocycles. The van der Waals surface area contributed by atoms with Gasteiger partial charge in [0.1, 0.15) is 5.60 Å². The lowest BCUT2D eigenvalue weighted by molar-refractivity contribution is -0.121. The Morgan fingerprint density at radius 2 is 1.58 bits per heavy atom. The second-order valence-corrected chi connectivity index (χ2v) is 8.10. The van der Waals surface area contributed by atoms with E-state index < -0.39 is 16.9 Å². The van der Waals surface area contributed by atoms with Gasteiger partial charge in [0, 0.05) is 12.3 Å². The summed E-state index contributed by atoms with van der Waals surface area (Å²) in [6, 6.07) is -0.684. The second-order valence-electron chi connectivity index (χ2n) is 7.15. The lowest BCUT2D eigenvalue weighted by Gasteiger charge is -2.19. The summed E-state index contributed by atoms with van der Waals surface area (Å²) in [4.78, 5) is 23.4. The summed E-state index contributed by atoms with van der Waals surface area (Å²) in [5, 5.41) is 2.44. The van der Waals surface area contributed by atoms with Gasteiger partial charge in [0.15, 0.2) is 0 Å². The number of carbonyl (C=O) groups excluding carboxylic acids is 2. The summed E-state index contributed by atoms with van der Waals surface area (Å²) in [6.07, 6.45) is 9.86. The Bertz CT molecular complexity index is 357. The Kier molecular flexibility index (Phi) is 13.1. The molecule has 0 aromatic rings. The van der Waals surface area contributed by atoms with Crippen LogP contribution in [0.15, 0.2) is 0 Å². The van der Waals surface area contributed by atoms with E-state index in [0.717, 1.165) is 24.6 Å². The highest BCUT2D eigenvalue weighted by atomic mass is 32.2. The predicted molar refractivity (Wildman–Crippen MR) is 102 cm³/mol. The highest BCUT2D eigenvalue weighted by Crippen LogP contribution is 2.15. The number of unbranched alkanes of at least 4 members (excludes halogenated alkanes) is 7. The number of rotatable bonds is 12. The largest absolute Gasteiger partial charge is 0.452 e. The van der Waals surface area contributed by atoms with Gasteiger partial charge >= 0.3 is 5.30 Å². The van der Waals surface area contributed by atoms with Crippen molar-refractivity contribution in [2.24, 2.45) is 5.73 Å². The molecule has 0 radical (unpaired) electrons. The van der Waals surface area contributed by atoms with Crippen LogP contribution in [0, 0.1) is 0 Å². The number of nitrogens with two attached hydrogens (primary N) is 1. The number of amides is 1. The summed E-state index contributed by atoms with van der Waals surface area (Å²) < 4.78 is 5.17. The number of hydrogen-bond acceptors (Lipinski definition) is 5. The van der Waals surface area contributed by atoms with E-state index in [9.17, 15) is 9.59 Å². The molecule has 0 aliphatic carbocycles. The molecule has 1 atom stereocenters. The van der Waals surface area contributed by atoms with Crippen LogP contribution < -0.4 is 11.1 Å². The third-order valence-corrected chi connectivity index (χ3v) is 4.28. The van der Waals surface area contributed by atoms with Crippen molar-refractivity contribution in [3.8, 4) is 0 Å². The number of carbonyl (C=O) groups is 2. The molecular weight excluding hydrogens is 324 g/mol. The Morgan fingerprint density at radius 3 is 2.12 bits per heavy atom. The first-order valence-corrected chi connectivity index (χ1v) is 10.1. The van der Waals surface area contributed by atoms with Crippen molar-refractivity contribution < 1.29 is 14.3 Å². The van der Waals surface area contributed by atoms with Crippen LogP contribution in [0.4, 0.5) is 4.79 Å². The van der Waals surface area contributed by atoms with Crippen LogP contribution in [0.25, 0.3) is 0 Å². The van der Waals surface area contributed by atoms with Crippen molar-refractivity contribution in [1.29, 1.82) is 0 Å². The zero-order valence-electron chi connectivity index (χ0n) is 15.9. The standard InChI is InChI=1S/C18H36N2O3S/c1-5-6-7-8-9-10-11-12-13-20-16(21)15(19)14-24-17(22)23-18(2,3)4/h15H,5-14,19H2,1-4H3,(H,20,21). The van der Waals surface area contributed by atoms with E-state index in [1.165, 1.54) is 38.5 Å². The van der Waals surface area contributed by atoms with Gasteiger partial charge in [-0.25, -0.2) is 4.79 Å². The van der Waals surface area contributed by atoms with Crippen LogP contribution >= 0.6 is 11.8 Å². The molecule has 0 aromatic heterocycles. The first kappa shape index (κ1) is 23.2. The Morgan fingerprint density at radius 1 is 1.04 bits per heavy atom.